The van der Waals surface area contributed by atoms with Gasteiger partial charge in [-0.2, -0.15) is 0 Å². The van der Waals surface area contributed by atoms with Crippen LogP contribution in [0.3, 0.4) is 0 Å². The smallest absolute Gasteiger partial charge is 0.258 e. The number of carbonyl (C=O) groups excluding carboxylic acids is 2. The van der Waals surface area contributed by atoms with E-state index in [0.717, 1.165) is 12.4 Å². The fraction of sp³-hybridized carbons (Fsp3) is 0.400. The third kappa shape index (κ3) is 6.10. The lowest BCUT2D eigenvalue weighted by atomic mass is 10.0. The van der Waals surface area contributed by atoms with E-state index in [-0.39, 0.29) is 42.8 Å². The molecule has 3 rings (SSSR count). The standard InChI is InChI=1S/C20H22F2N4O4/c1-13(27)25-12-20(30-19-5-3-15(22)10-24-19)7-6-16(8-20)26-17(28)11-29-18-4-2-14(21)9-23-18/h2-5,9-10,16H,6-8,11-12H2,1H3,(H,25,27)(H,26,28). The molecule has 0 radical (unpaired) electrons. The Morgan fingerprint density at radius 1 is 1.13 bits per heavy atom. The minimum Gasteiger partial charge on any atom is -0.469 e. The van der Waals surface area contributed by atoms with Gasteiger partial charge in [0.05, 0.1) is 18.9 Å². The molecule has 0 aliphatic heterocycles. The maximum absolute atomic E-state index is 13.1. The zero-order chi connectivity index (χ0) is 21.6. The summed E-state index contributed by atoms with van der Waals surface area (Å²) >= 11 is 0. The molecule has 2 N–H and O–H groups in total. The van der Waals surface area contributed by atoms with Crippen molar-refractivity contribution in [3.05, 3.63) is 48.3 Å². The summed E-state index contributed by atoms with van der Waals surface area (Å²) in [5, 5.41) is 5.60. The summed E-state index contributed by atoms with van der Waals surface area (Å²) in [6.45, 7) is 1.36. The monoisotopic (exact) mass is 420 g/mol. The van der Waals surface area contributed by atoms with E-state index >= 15 is 0 Å². The lowest BCUT2D eigenvalue weighted by Crippen LogP contribution is -2.47. The van der Waals surface area contributed by atoms with Gasteiger partial charge < -0.3 is 20.1 Å². The Hall–Kier alpha value is -3.30. The number of amides is 2. The predicted molar refractivity (Wildman–Crippen MR) is 102 cm³/mol. The molecular weight excluding hydrogens is 398 g/mol. The van der Waals surface area contributed by atoms with Crippen molar-refractivity contribution in [1.29, 1.82) is 0 Å². The van der Waals surface area contributed by atoms with Crippen LogP contribution in [0.25, 0.3) is 0 Å². The van der Waals surface area contributed by atoms with Gasteiger partial charge in [-0.3, -0.25) is 9.59 Å². The van der Waals surface area contributed by atoms with Crippen LogP contribution in [0.1, 0.15) is 26.2 Å². The Balaban J connectivity index is 1.57. The van der Waals surface area contributed by atoms with Gasteiger partial charge in [-0.15, -0.1) is 0 Å². The Morgan fingerprint density at radius 2 is 1.80 bits per heavy atom. The summed E-state index contributed by atoms with van der Waals surface area (Å²) in [5.41, 5.74) is -0.784. The fourth-order valence-corrected chi connectivity index (χ4v) is 3.29. The van der Waals surface area contributed by atoms with Crippen molar-refractivity contribution < 1.29 is 27.8 Å². The van der Waals surface area contributed by atoms with Crippen LogP contribution in [-0.2, 0) is 9.59 Å². The SMILES string of the molecule is CC(=O)NCC1(Oc2ccc(F)cn2)CCC(NC(=O)COc2ccc(F)cn2)C1. The molecule has 10 heteroatoms. The zero-order valence-electron chi connectivity index (χ0n) is 16.4. The van der Waals surface area contributed by atoms with Crippen molar-refractivity contribution in [3.63, 3.8) is 0 Å². The summed E-state index contributed by atoms with van der Waals surface area (Å²) in [5.74, 6) is -1.17. The minimum absolute atomic E-state index is 0.142. The first kappa shape index (κ1) is 21.4. The zero-order valence-corrected chi connectivity index (χ0v) is 16.4. The van der Waals surface area contributed by atoms with Crippen molar-refractivity contribution in [3.8, 4) is 11.8 Å². The Bertz CT molecular complexity index is 879. The van der Waals surface area contributed by atoms with Gasteiger partial charge in [-0.05, 0) is 25.0 Å². The van der Waals surface area contributed by atoms with E-state index in [2.05, 4.69) is 20.6 Å². The lowest BCUT2D eigenvalue weighted by molar-refractivity contribution is -0.124. The summed E-state index contributed by atoms with van der Waals surface area (Å²) in [6.07, 6.45) is 3.64. The number of aromatic nitrogens is 2. The summed E-state index contributed by atoms with van der Waals surface area (Å²) < 4.78 is 37.2. The molecule has 1 aliphatic rings. The number of nitrogens with one attached hydrogen (secondary N) is 2. The molecule has 0 spiro atoms. The Labute approximate surface area is 172 Å². The van der Waals surface area contributed by atoms with Crippen LogP contribution in [0.2, 0.25) is 0 Å². The molecule has 2 atom stereocenters. The molecule has 2 amide bonds. The van der Waals surface area contributed by atoms with Crippen LogP contribution < -0.4 is 20.1 Å². The number of hydrogen-bond donors (Lipinski definition) is 2. The third-order valence-electron chi connectivity index (χ3n) is 4.66. The quantitative estimate of drug-likeness (QED) is 0.675. The van der Waals surface area contributed by atoms with E-state index in [1.165, 1.54) is 31.2 Å². The second-order valence-corrected chi connectivity index (χ2v) is 7.12. The fourth-order valence-electron chi connectivity index (χ4n) is 3.29. The molecule has 0 aromatic carbocycles. The largest absolute Gasteiger partial charge is 0.469 e. The molecule has 1 aliphatic carbocycles. The van der Waals surface area contributed by atoms with Gasteiger partial charge in [0.15, 0.2) is 6.61 Å². The minimum atomic E-state index is -0.784. The molecule has 8 nitrogen and oxygen atoms in total. The number of nitrogens with zero attached hydrogens (tertiary/aromatic N) is 2. The topological polar surface area (TPSA) is 102 Å². The van der Waals surface area contributed by atoms with Crippen LogP contribution >= 0.6 is 0 Å². The average Bonchev–Trinajstić information content (AvgIpc) is 3.10. The third-order valence-corrected chi connectivity index (χ3v) is 4.66. The normalized spacial score (nSPS) is 20.4. The van der Waals surface area contributed by atoms with E-state index in [1.807, 2.05) is 0 Å². The molecule has 30 heavy (non-hydrogen) atoms. The Kier molecular flexibility index (Phi) is 6.76. The van der Waals surface area contributed by atoms with Crippen LogP contribution in [0.5, 0.6) is 11.8 Å². The predicted octanol–water partition coefficient (Wildman–Crippen LogP) is 1.76. The summed E-state index contributed by atoms with van der Waals surface area (Å²) in [7, 11) is 0. The van der Waals surface area contributed by atoms with Crippen molar-refractivity contribution in [2.24, 2.45) is 0 Å². The van der Waals surface area contributed by atoms with Gasteiger partial charge in [-0.1, -0.05) is 0 Å². The van der Waals surface area contributed by atoms with Crippen LogP contribution in [0.15, 0.2) is 36.7 Å². The van der Waals surface area contributed by atoms with Gasteiger partial charge >= 0.3 is 0 Å². The highest BCUT2D eigenvalue weighted by Crippen LogP contribution is 2.34. The molecule has 2 unspecified atom stereocenters. The molecular formula is C20H22F2N4O4. The Morgan fingerprint density at radius 3 is 2.40 bits per heavy atom. The first-order valence-electron chi connectivity index (χ1n) is 9.42. The van der Waals surface area contributed by atoms with E-state index in [0.29, 0.717) is 19.3 Å². The summed E-state index contributed by atoms with van der Waals surface area (Å²) in [4.78, 5) is 31.2. The highest BCUT2D eigenvalue weighted by atomic mass is 19.1. The van der Waals surface area contributed by atoms with Gasteiger partial charge in [0, 0.05) is 31.5 Å². The van der Waals surface area contributed by atoms with Gasteiger partial charge in [0.25, 0.3) is 5.91 Å². The van der Waals surface area contributed by atoms with Crippen molar-refractivity contribution in [2.75, 3.05) is 13.2 Å². The molecule has 0 saturated heterocycles. The molecule has 1 fully saturated rings. The maximum Gasteiger partial charge on any atom is 0.258 e. The van der Waals surface area contributed by atoms with Gasteiger partial charge in [0.1, 0.15) is 17.2 Å². The molecule has 2 aromatic heterocycles. The van der Waals surface area contributed by atoms with E-state index in [9.17, 15) is 18.4 Å². The molecule has 1 saturated carbocycles. The number of hydrogen-bond acceptors (Lipinski definition) is 6. The number of pyridine rings is 2. The number of halogens is 2. The van der Waals surface area contributed by atoms with Gasteiger partial charge in [-0.25, -0.2) is 18.7 Å². The highest BCUT2D eigenvalue weighted by molar-refractivity contribution is 5.77. The molecule has 2 aromatic rings. The van der Waals surface area contributed by atoms with E-state index in [1.54, 1.807) is 0 Å². The first-order valence-corrected chi connectivity index (χ1v) is 9.42. The van der Waals surface area contributed by atoms with E-state index < -0.39 is 17.2 Å². The van der Waals surface area contributed by atoms with Crippen molar-refractivity contribution in [2.45, 2.75) is 37.8 Å². The molecule has 2 heterocycles. The number of ether oxygens (including phenoxy) is 2. The van der Waals surface area contributed by atoms with Crippen LogP contribution in [0.4, 0.5) is 8.78 Å². The lowest BCUT2D eigenvalue weighted by Gasteiger charge is -2.30. The number of carbonyl (C=O) groups is 2. The number of rotatable bonds is 8. The van der Waals surface area contributed by atoms with Crippen molar-refractivity contribution >= 4 is 11.8 Å². The maximum atomic E-state index is 13.1. The first-order chi connectivity index (χ1) is 14.3. The van der Waals surface area contributed by atoms with E-state index in [4.69, 9.17) is 9.47 Å². The second-order valence-electron chi connectivity index (χ2n) is 7.12. The second kappa shape index (κ2) is 9.47. The highest BCUT2D eigenvalue weighted by Gasteiger charge is 2.42. The van der Waals surface area contributed by atoms with Gasteiger partial charge in [0.2, 0.25) is 17.7 Å². The van der Waals surface area contributed by atoms with Crippen LogP contribution in [-0.4, -0.2) is 46.6 Å². The average molecular weight is 420 g/mol. The van der Waals surface area contributed by atoms with Crippen LogP contribution in [0, 0.1) is 11.6 Å². The summed E-state index contributed by atoms with van der Waals surface area (Å²) in [6, 6.07) is 4.97. The molecule has 160 valence electrons. The van der Waals surface area contributed by atoms with Crippen molar-refractivity contribution in [1.82, 2.24) is 20.6 Å². The molecule has 0 bridgehead atoms.